The molecular formula is C22H22Br2N2O4. The third kappa shape index (κ3) is 8.17. The fourth-order valence-corrected chi connectivity index (χ4v) is 3.37. The van der Waals surface area contributed by atoms with Gasteiger partial charge in [0.25, 0.3) is 0 Å². The molecule has 0 aliphatic heterocycles. The summed E-state index contributed by atoms with van der Waals surface area (Å²) in [6.45, 7) is 5.33. The number of nitrogens with zero attached hydrogens (tertiary/aromatic N) is 1. The number of carbonyl (C=O) groups is 2. The highest BCUT2D eigenvalue weighted by Gasteiger charge is 2.25. The van der Waals surface area contributed by atoms with Crippen molar-refractivity contribution >= 4 is 43.9 Å². The Balaban J connectivity index is 2.11. The van der Waals surface area contributed by atoms with Crippen LogP contribution >= 0.6 is 31.9 Å². The summed E-state index contributed by atoms with van der Waals surface area (Å²) < 4.78 is 12.1. The van der Waals surface area contributed by atoms with E-state index in [2.05, 4.69) is 54.0 Å². The zero-order valence-electron chi connectivity index (χ0n) is 16.9. The van der Waals surface area contributed by atoms with E-state index in [1.807, 2.05) is 30.3 Å². The highest BCUT2D eigenvalue weighted by atomic mass is 79.9. The van der Waals surface area contributed by atoms with Crippen LogP contribution in [0.15, 0.2) is 51.7 Å². The van der Waals surface area contributed by atoms with Crippen molar-refractivity contribution in [2.45, 2.75) is 45.4 Å². The van der Waals surface area contributed by atoms with E-state index < -0.39 is 23.7 Å². The molecule has 1 atom stereocenters. The topological polar surface area (TPSA) is 77.5 Å². The number of carbonyl (C=O) groups excluding carboxylic acids is 2. The Morgan fingerprint density at radius 3 is 2.37 bits per heavy atom. The first-order chi connectivity index (χ1) is 14.2. The summed E-state index contributed by atoms with van der Waals surface area (Å²) >= 11 is 6.78. The largest absolute Gasteiger partial charge is 0.459 e. The molecule has 0 radical (unpaired) electrons. The number of esters is 1. The van der Waals surface area contributed by atoms with Crippen LogP contribution in [0.25, 0.3) is 0 Å². The molecule has 0 bridgehead atoms. The third-order valence-electron chi connectivity index (χ3n) is 3.57. The van der Waals surface area contributed by atoms with Gasteiger partial charge in [-0.15, -0.1) is 0 Å². The van der Waals surface area contributed by atoms with Crippen molar-refractivity contribution in [2.75, 3.05) is 0 Å². The molecule has 0 saturated heterocycles. The number of rotatable bonds is 5. The van der Waals surface area contributed by atoms with Gasteiger partial charge in [0.15, 0.2) is 0 Å². The van der Waals surface area contributed by atoms with Gasteiger partial charge < -0.3 is 14.8 Å². The first-order valence-corrected chi connectivity index (χ1v) is 10.7. The van der Waals surface area contributed by atoms with E-state index in [4.69, 9.17) is 9.47 Å². The molecule has 0 saturated carbocycles. The van der Waals surface area contributed by atoms with Gasteiger partial charge in [0.2, 0.25) is 0 Å². The minimum Gasteiger partial charge on any atom is -0.459 e. The van der Waals surface area contributed by atoms with Crippen molar-refractivity contribution in [1.82, 2.24) is 10.3 Å². The van der Waals surface area contributed by atoms with Gasteiger partial charge in [-0.2, -0.15) is 0 Å². The molecule has 0 fully saturated rings. The number of benzene rings is 1. The molecule has 0 aliphatic carbocycles. The summed E-state index contributed by atoms with van der Waals surface area (Å²) in [7, 11) is 0. The van der Waals surface area contributed by atoms with Crippen molar-refractivity contribution in [1.29, 1.82) is 0 Å². The van der Waals surface area contributed by atoms with Crippen molar-refractivity contribution < 1.29 is 19.1 Å². The van der Waals surface area contributed by atoms with Crippen LogP contribution in [0, 0.1) is 11.8 Å². The van der Waals surface area contributed by atoms with Crippen LogP contribution in [-0.4, -0.2) is 28.7 Å². The lowest BCUT2D eigenvalue weighted by atomic mass is 10.2. The van der Waals surface area contributed by atoms with Gasteiger partial charge in [0.1, 0.15) is 18.2 Å². The van der Waals surface area contributed by atoms with Gasteiger partial charge >= 0.3 is 12.1 Å². The average Bonchev–Trinajstić information content (AvgIpc) is 2.67. The van der Waals surface area contributed by atoms with Crippen LogP contribution in [0.2, 0.25) is 0 Å². The second-order valence-corrected chi connectivity index (χ2v) is 8.98. The van der Waals surface area contributed by atoms with Crippen molar-refractivity contribution in [3.63, 3.8) is 0 Å². The third-order valence-corrected chi connectivity index (χ3v) is 4.77. The smallest absolute Gasteiger partial charge is 0.408 e. The first-order valence-electron chi connectivity index (χ1n) is 9.13. The minimum atomic E-state index is -0.976. The van der Waals surface area contributed by atoms with E-state index in [1.54, 1.807) is 33.2 Å². The van der Waals surface area contributed by atoms with E-state index in [0.29, 0.717) is 14.5 Å². The summed E-state index contributed by atoms with van der Waals surface area (Å²) in [5.74, 6) is 5.31. The number of hydrogen-bond donors (Lipinski definition) is 1. The van der Waals surface area contributed by atoms with Gasteiger partial charge in [0, 0.05) is 18.8 Å². The maximum absolute atomic E-state index is 12.6. The molecule has 1 aromatic heterocycles. The molecule has 1 N–H and O–H groups in total. The standard InChI is InChI=1S/C22H22Br2N2O4/c1-22(2,3)30-21(28)26-19(20(27)29-14-15-8-5-4-6-9-15)11-7-10-16-17(23)12-25-13-18(16)24/h4-6,8-9,12-13,19H,11,14H2,1-3H3,(H,26,28)/t19-/m1/s1. The van der Waals surface area contributed by atoms with Crippen LogP contribution < -0.4 is 5.32 Å². The van der Waals surface area contributed by atoms with Crippen LogP contribution in [0.4, 0.5) is 4.79 Å². The minimum absolute atomic E-state index is 0.0497. The molecule has 6 nitrogen and oxygen atoms in total. The Morgan fingerprint density at radius 1 is 1.13 bits per heavy atom. The fourth-order valence-electron chi connectivity index (χ4n) is 2.24. The van der Waals surface area contributed by atoms with Gasteiger partial charge in [-0.3, -0.25) is 4.98 Å². The van der Waals surface area contributed by atoms with E-state index >= 15 is 0 Å². The lowest BCUT2D eigenvalue weighted by Gasteiger charge is -2.22. The second kappa shape index (κ2) is 11.1. The maximum atomic E-state index is 12.6. The zero-order valence-corrected chi connectivity index (χ0v) is 20.0. The molecular weight excluding hydrogens is 516 g/mol. The number of amides is 1. The molecule has 1 aromatic carbocycles. The van der Waals surface area contributed by atoms with E-state index in [0.717, 1.165) is 5.56 Å². The summed E-state index contributed by atoms with van der Waals surface area (Å²) in [5, 5.41) is 2.55. The van der Waals surface area contributed by atoms with Crippen molar-refractivity contribution in [3.8, 4) is 11.8 Å². The Bertz CT molecular complexity index is 927. The van der Waals surface area contributed by atoms with Crippen LogP contribution in [-0.2, 0) is 20.9 Å². The number of pyridine rings is 1. The molecule has 1 heterocycles. The Kier molecular flexibility index (Phi) is 8.88. The zero-order chi connectivity index (χ0) is 22.1. The number of halogens is 2. The number of hydrogen-bond acceptors (Lipinski definition) is 5. The highest BCUT2D eigenvalue weighted by Crippen LogP contribution is 2.22. The SMILES string of the molecule is CC(C)(C)OC(=O)N[C@H](CC#Cc1c(Br)cncc1Br)C(=O)OCc1ccccc1. The number of alkyl carbamates (subject to hydrolysis) is 1. The van der Waals surface area contributed by atoms with Gasteiger partial charge in [-0.25, -0.2) is 9.59 Å². The van der Waals surface area contributed by atoms with Gasteiger partial charge in [-0.1, -0.05) is 42.2 Å². The highest BCUT2D eigenvalue weighted by molar-refractivity contribution is 9.11. The molecule has 30 heavy (non-hydrogen) atoms. The Morgan fingerprint density at radius 2 is 1.77 bits per heavy atom. The van der Waals surface area contributed by atoms with E-state index in [9.17, 15) is 9.59 Å². The quantitative estimate of drug-likeness (QED) is 0.429. The molecule has 2 rings (SSSR count). The molecule has 0 aliphatic rings. The maximum Gasteiger partial charge on any atom is 0.408 e. The van der Waals surface area contributed by atoms with Crippen LogP contribution in [0.5, 0.6) is 0 Å². The average molecular weight is 538 g/mol. The predicted molar refractivity (Wildman–Crippen MR) is 121 cm³/mol. The van der Waals surface area contributed by atoms with Crippen LogP contribution in [0.3, 0.4) is 0 Å². The summed E-state index contributed by atoms with van der Waals surface area (Å²) in [5.41, 5.74) is 0.845. The number of nitrogens with one attached hydrogen (secondary N) is 1. The number of aromatic nitrogens is 1. The first kappa shape index (κ1) is 23.9. The molecule has 0 unspecified atom stereocenters. The summed E-state index contributed by atoms with van der Waals surface area (Å²) in [6, 6.07) is 8.31. The molecule has 8 heteroatoms. The molecule has 158 valence electrons. The van der Waals surface area contributed by atoms with E-state index in [-0.39, 0.29) is 13.0 Å². The predicted octanol–water partition coefficient (Wildman–Crippen LogP) is 4.98. The molecule has 2 aromatic rings. The van der Waals surface area contributed by atoms with Gasteiger partial charge in [0.05, 0.1) is 14.5 Å². The lowest BCUT2D eigenvalue weighted by Crippen LogP contribution is -2.44. The van der Waals surface area contributed by atoms with Crippen molar-refractivity contribution in [2.24, 2.45) is 0 Å². The lowest BCUT2D eigenvalue weighted by molar-refractivity contribution is -0.147. The second-order valence-electron chi connectivity index (χ2n) is 7.28. The fraction of sp³-hybridized carbons (Fsp3) is 0.318. The number of ether oxygens (including phenoxy) is 2. The summed E-state index contributed by atoms with van der Waals surface area (Å²) in [4.78, 5) is 28.8. The van der Waals surface area contributed by atoms with Gasteiger partial charge in [-0.05, 0) is 58.2 Å². The Hall–Kier alpha value is -2.37. The molecule has 0 spiro atoms. The Labute approximate surface area is 193 Å². The van der Waals surface area contributed by atoms with Crippen LogP contribution in [0.1, 0.15) is 38.3 Å². The normalized spacial score (nSPS) is 11.6. The molecule has 1 amide bonds. The van der Waals surface area contributed by atoms with E-state index in [1.165, 1.54) is 0 Å². The summed E-state index contributed by atoms with van der Waals surface area (Å²) in [6.07, 6.45) is 2.59. The monoisotopic (exact) mass is 536 g/mol. The van der Waals surface area contributed by atoms with Crippen molar-refractivity contribution in [3.05, 3.63) is 62.8 Å².